The molecule has 1 unspecified atom stereocenters. The normalized spacial score (nSPS) is 11.8. The first kappa shape index (κ1) is 16.3. The zero-order valence-electron chi connectivity index (χ0n) is 11.8. The lowest BCUT2D eigenvalue weighted by atomic mass is 10.1. The molecule has 0 heterocycles. The summed E-state index contributed by atoms with van der Waals surface area (Å²) < 4.78 is 0. The van der Waals surface area contributed by atoms with Gasteiger partial charge in [-0.15, -0.1) is 0 Å². The zero-order chi connectivity index (χ0) is 15.1. The van der Waals surface area contributed by atoms with Crippen LogP contribution in [0.1, 0.15) is 23.7 Å². The second-order valence-electron chi connectivity index (χ2n) is 4.27. The maximum absolute atomic E-state index is 11.5. The maximum Gasteiger partial charge on any atom is 0.293 e. The number of nitrogens with zero attached hydrogens (tertiary/aromatic N) is 1. The van der Waals surface area contributed by atoms with Crippen molar-refractivity contribution in [1.82, 2.24) is 5.32 Å². The van der Waals surface area contributed by atoms with Crippen molar-refractivity contribution in [2.75, 3.05) is 24.4 Å². The van der Waals surface area contributed by atoms with E-state index < -0.39 is 4.92 Å². The van der Waals surface area contributed by atoms with Gasteiger partial charge in [0.05, 0.1) is 4.92 Å². The Balaban J connectivity index is 3.07. The van der Waals surface area contributed by atoms with Crippen LogP contribution in [-0.4, -0.2) is 35.9 Å². The number of hydrogen-bond acceptors (Lipinski definition) is 5. The predicted molar refractivity (Wildman–Crippen MR) is 82.6 cm³/mol. The van der Waals surface area contributed by atoms with Gasteiger partial charge in [-0.05, 0) is 24.8 Å². The molecule has 0 aliphatic heterocycles. The predicted octanol–water partition coefficient (Wildman–Crippen LogP) is 2.51. The van der Waals surface area contributed by atoms with Gasteiger partial charge in [-0.3, -0.25) is 14.9 Å². The van der Waals surface area contributed by atoms with Gasteiger partial charge in [-0.2, -0.15) is 11.8 Å². The van der Waals surface area contributed by atoms with Crippen LogP contribution < -0.4 is 10.6 Å². The average Bonchev–Trinajstić information content (AvgIpc) is 2.45. The van der Waals surface area contributed by atoms with Crippen LogP contribution in [0.25, 0.3) is 0 Å². The number of hydrogen-bond donors (Lipinski definition) is 2. The number of thioether (sulfide) groups is 1. The van der Waals surface area contributed by atoms with Crippen LogP contribution in [0.3, 0.4) is 0 Å². The summed E-state index contributed by atoms with van der Waals surface area (Å²) in [7, 11) is 1.49. The van der Waals surface area contributed by atoms with E-state index in [1.165, 1.54) is 13.1 Å². The van der Waals surface area contributed by atoms with Gasteiger partial charge in [0.2, 0.25) is 0 Å². The molecule has 7 heteroatoms. The van der Waals surface area contributed by atoms with Crippen LogP contribution >= 0.6 is 11.8 Å². The van der Waals surface area contributed by atoms with Crippen LogP contribution in [0.2, 0.25) is 0 Å². The smallest absolute Gasteiger partial charge is 0.293 e. The van der Waals surface area contributed by atoms with Gasteiger partial charge in [-0.25, -0.2) is 0 Å². The first-order valence-corrected chi connectivity index (χ1v) is 7.68. The summed E-state index contributed by atoms with van der Waals surface area (Å²) in [6.45, 7) is 2.03. The molecule has 0 radical (unpaired) electrons. The molecule has 0 aromatic heterocycles. The minimum absolute atomic E-state index is 0.0781. The fourth-order valence-corrected chi connectivity index (χ4v) is 2.49. The lowest BCUT2D eigenvalue weighted by Gasteiger charge is -2.17. The third-order valence-electron chi connectivity index (χ3n) is 2.90. The molecule has 1 aromatic carbocycles. The van der Waals surface area contributed by atoms with Crippen molar-refractivity contribution >= 4 is 29.0 Å². The minimum Gasteiger partial charge on any atom is -0.376 e. The van der Waals surface area contributed by atoms with E-state index in [0.29, 0.717) is 5.69 Å². The molecule has 1 amide bonds. The van der Waals surface area contributed by atoms with Crippen molar-refractivity contribution in [3.63, 3.8) is 0 Å². The van der Waals surface area contributed by atoms with Crippen molar-refractivity contribution < 1.29 is 9.72 Å². The Labute approximate surface area is 122 Å². The topological polar surface area (TPSA) is 84.3 Å². The summed E-state index contributed by atoms with van der Waals surface area (Å²) in [6.07, 6.45) is 2.86. The van der Waals surface area contributed by atoms with E-state index in [9.17, 15) is 14.9 Å². The first-order valence-electron chi connectivity index (χ1n) is 6.29. The number of anilines is 1. The molecule has 0 saturated heterocycles. The summed E-state index contributed by atoms with van der Waals surface area (Å²) >= 11 is 1.68. The Bertz CT molecular complexity index is 494. The molecule has 0 aliphatic rings. The molecular formula is C13H19N3O3S. The molecular weight excluding hydrogens is 278 g/mol. The van der Waals surface area contributed by atoms with Crippen LogP contribution in [0.15, 0.2) is 18.2 Å². The Morgan fingerprint density at radius 3 is 2.70 bits per heavy atom. The van der Waals surface area contributed by atoms with Crippen LogP contribution in [0.5, 0.6) is 0 Å². The van der Waals surface area contributed by atoms with Gasteiger partial charge >= 0.3 is 0 Å². The van der Waals surface area contributed by atoms with E-state index >= 15 is 0 Å². The molecule has 0 spiro atoms. The highest BCUT2D eigenvalue weighted by atomic mass is 32.2. The Morgan fingerprint density at radius 2 is 2.20 bits per heavy atom. The maximum atomic E-state index is 11.5. The third-order valence-corrected chi connectivity index (χ3v) is 3.64. The monoisotopic (exact) mass is 297 g/mol. The van der Waals surface area contributed by atoms with Crippen molar-refractivity contribution in [3.8, 4) is 0 Å². The molecule has 0 fully saturated rings. The van der Waals surface area contributed by atoms with Crippen molar-refractivity contribution in [1.29, 1.82) is 0 Å². The number of nitro benzene ring substituents is 1. The van der Waals surface area contributed by atoms with Crippen molar-refractivity contribution in [2.24, 2.45) is 0 Å². The second-order valence-corrected chi connectivity index (χ2v) is 5.18. The van der Waals surface area contributed by atoms with E-state index in [4.69, 9.17) is 0 Å². The van der Waals surface area contributed by atoms with Gasteiger partial charge in [0, 0.05) is 30.5 Å². The van der Waals surface area contributed by atoms with Gasteiger partial charge < -0.3 is 10.6 Å². The first-order chi connectivity index (χ1) is 9.53. The molecule has 0 saturated carbocycles. The fraction of sp³-hybridized carbons (Fsp3) is 0.462. The van der Waals surface area contributed by atoms with Crippen LogP contribution in [-0.2, 0) is 0 Å². The molecule has 1 atom stereocenters. The molecule has 6 nitrogen and oxygen atoms in total. The summed E-state index contributed by atoms with van der Waals surface area (Å²) in [4.78, 5) is 22.2. The number of carbonyl (C=O) groups is 1. The highest BCUT2D eigenvalue weighted by molar-refractivity contribution is 7.98. The van der Waals surface area contributed by atoms with Crippen molar-refractivity contribution in [2.45, 2.75) is 19.4 Å². The SMILES string of the molecule is CCC(CSC)Nc1ccc(C(=O)NC)cc1[N+](=O)[O-]. The number of nitro groups is 1. The molecule has 2 N–H and O–H groups in total. The number of carbonyl (C=O) groups excluding carboxylic acids is 1. The summed E-state index contributed by atoms with van der Waals surface area (Å²) in [5.41, 5.74) is 0.650. The molecule has 20 heavy (non-hydrogen) atoms. The lowest BCUT2D eigenvalue weighted by molar-refractivity contribution is -0.384. The number of nitrogens with one attached hydrogen (secondary N) is 2. The standard InChI is InChI=1S/C13H19N3O3S/c1-4-10(8-20-3)15-11-6-5-9(13(17)14-2)7-12(11)16(18)19/h5-7,10,15H,4,8H2,1-3H3,(H,14,17). The lowest BCUT2D eigenvalue weighted by Crippen LogP contribution is -2.22. The summed E-state index contributed by atoms with van der Waals surface area (Å²) in [5, 5.41) is 16.8. The van der Waals surface area contributed by atoms with E-state index in [-0.39, 0.29) is 23.2 Å². The van der Waals surface area contributed by atoms with E-state index in [2.05, 4.69) is 10.6 Å². The van der Waals surface area contributed by atoms with Gasteiger partial charge in [0.25, 0.3) is 11.6 Å². The van der Waals surface area contributed by atoms with E-state index in [1.54, 1.807) is 23.9 Å². The van der Waals surface area contributed by atoms with Gasteiger partial charge in [0.1, 0.15) is 5.69 Å². The Hall–Kier alpha value is -1.76. The zero-order valence-corrected chi connectivity index (χ0v) is 12.6. The third kappa shape index (κ3) is 4.12. The number of amides is 1. The highest BCUT2D eigenvalue weighted by Gasteiger charge is 2.19. The number of benzene rings is 1. The molecule has 0 aliphatic carbocycles. The van der Waals surface area contributed by atoms with E-state index in [0.717, 1.165) is 12.2 Å². The largest absolute Gasteiger partial charge is 0.376 e. The Kier molecular flexibility index (Phi) is 6.30. The summed E-state index contributed by atoms with van der Waals surface area (Å²) in [5.74, 6) is 0.529. The van der Waals surface area contributed by atoms with Gasteiger partial charge in [0.15, 0.2) is 0 Å². The van der Waals surface area contributed by atoms with Gasteiger partial charge in [-0.1, -0.05) is 6.92 Å². The van der Waals surface area contributed by atoms with Crippen LogP contribution in [0.4, 0.5) is 11.4 Å². The average molecular weight is 297 g/mol. The summed E-state index contributed by atoms with van der Waals surface area (Å²) in [6, 6.07) is 4.63. The van der Waals surface area contributed by atoms with Crippen LogP contribution in [0, 0.1) is 10.1 Å². The molecule has 1 aromatic rings. The Morgan fingerprint density at radius 1 is 1.50 bits per heavy atom. The minimum atomic E-state index is -0.472. The fourth-order valence-electron chi connectivity index (χ4n) is 1.77. The number of rotatable bonds is 7. The van der Waals surface area contributed by atoms with Crippen molar-refractivity contribution in [3.05, 3.63) is 33.9 Å². The quantitative estimate of drug-likeness (QED) is 0.596. The second kappa shape index (κ2) is 7.74. The molecule has 0 bridgehead atoms. The highest BCUT2D eigenvalue weighted by Crippen LogP contribution is 2.27. The van der Waals surface area contributed by atoms with E-state index in [1.807, 2.05) is 13.2 Å². The molecule has 1 rings (SSSR count). The molecule has 110 valence electrons.